The van der Waals surface area contributed by atoms with Gasteiger partial charge in [-0.15, -0.1) is 0 Å². The quantitative estimate of drug-likeness (QED) is 0.843. The summed E-state index contributed by atoms with van der Waals surface area (Å²) in [5.41, 5.74) is 1.75. The van der Waals surface area contributed by atoms with E-state index in [9.17, 15) is 4.79 Å². The first-order chi connectivity index (χ1) is 8.24. The van der Waals surface area contributed by atoms with Gasteiger partial charge in [0.15, 0.2) is 0 Å². The molecule has 0 bridgehead atoms. The molecule has 0 aliphatic rings. The summed E-state index contributed by atoms with van der Waals surface area (Å²) in [6, 6.07) is 5.75. The van der Waals surface area contributed by atoms with Gasteiger partial charge in [-0.3, -0.25) is 9.78 Å². The van der Waals surface area contributed by atoms with E-state index in [1.807, 2.05) is 29.0 Å². The minimum absolute atomic E-state index is 0.112. The van der Waals surface area contributed by atoms with E-state index in [2.05, 4.69) is 9.97 Å². The average Bonchev–Trinajstić information content (AvgIpc) is 2.75. The lowest BCUT2D eigenvalue weighted by Crippen LogP contribution is -1.99. The molecule has 88 valence electrons. The number of aromatic nitrogens is 3. The maximum atomic E-state index is 10.4. The van der Waals surface area contributed by atoms with Crippen LogP contribution in [0.3, 0.4) is 0 Å². The SMILES string of the molecule is O=C(O)CCc1cn(Cc2ccccn2)cn1. The van der Waals surface area contributed by atoms with Crippen LogP contribution in [0.2, 0.25) is 0 Å². The Labute approximate surface area is 98.8 Å². The number of rotatable bonds is 5. The van der Waals surface area contributed by atoms with E-state index >= 15 is 0 Å². The lowest BCUT2D eigenvalue weighted by atomic mass is 10.2. The monoisotopic (exact) mass is 231 g/mol. The smallest absolute Gasteiger partial charge is 0.303 e. The molecule has 0 saturated heterocycles. The van der Waals surface area contributed by atoms with Crippen molar-refractivity contribution in [1.29, 1.82) is 0 Å². The zero-order valence-corrected chi connectivity index (χ0v) is 9.28. The fourth-order valence-electron chi connectivity index (χ4n) is 1.54. The van der Waals surface area contributed by atoms with Gasteiger partial charge in [0.1, 0.15) is 0 Å². The molecule has 0 aromatic carbocycles. The van der Waals surface area contributed by atoms with Gasteiger partial charge in [0.05, 0.1) is 30.7 Å². The standard InChI is InChI=1S/C12H13N3O2/c16-12(17)5-4-11-8-15(9-14-11)7-10-3-1-2-6-13-10/h1-3,6,8-9H,4-5,7H2,(H,16,17). The Morgan fingerprint density at radius 1 is 1.29 bits per heavy atom. The summed E-state index contributed by atoms with van der Waals surface area (Å²) in [4.78, 5) is 18.8. The molecule has 0 radical (unpaired) electrons. The molecule has 0 unspecified atom stereocenters. The van der Waals surface area contributed by atoms with E-state index in [0.29, 0.717) is 13.0 Å². The van der Waals surface area contributed by atoms with Crippen LogP contribution in [0.25, 0.3) is 0 Å². The van der Waals surface area contributed by atoms with Crippen molar-refractivity contribution < 1.29 is 9.90 Å². The third-order valence-corrected chi connectivity index (χ3v) is 2.35. The van der Waals surface area contributed by atoms with Gasteiger partial charge in [0.25, 0.3) is 0 Å². The molecule has 0 atom stereocenters. The molecular weight excluding hydrogens is 218 g/mol. The van der Waals surface area contributed by atoms with Crippen LogP contribution in [-0.2, 0) is 17.8 Å². The number of carbonyl (C=O) groups is 1. The molecule has 0 spiro atoms. The highest BCUT2D eigenvalue weighted by molar-refractivity contribution is 5.66. The fraction of sp³-hybridized carbons (Fsp3) is 0.250. The summed E-state index contributed by atoms with van der Waals surface area (Å²) in [6.45, 7) is 0.654. The maximum Gasteiger partial charge on any atom is 0.303 e. The van der Waals surface area contributed by atoms with E-state index in [4.69, 9.17) is 5.11 Å². The van der Waals surface area contributed by atoms with Crippen LogP contribution >= 0.6 is 0 Å². The van der Waals surface area contributed by atoms with Crippen molar-refractivity contribution in [2.24, 2.45) is 0 Å². The summed E-state index contributed by atoms with van der Waals surface area (Å²) >= 11 is 0. The summed E-state index contributed by atoms with van der Waals surface area (Å²) in [6.07, 6.45) is 5.88. The van der Waals surface area contributed by atoms with Crippen LogP contribution in [0, 0.1) is 0 Å². The summed E-state index contributed by atoms with van der Waals surface area (Å²) in [5.74, 6) is -0.802. The number of aliphatic carboxylic acids is 1. The number of hydrogen-bond donors (Lipinski definition) is 1. The van der Waals surface area contributed by atoms with Crippen LogP contribution in [0.5, 0.6) is 0 Å². The second kappa shape index (κ2) is 5.25. The molecule has 2 aromatic rings. The summed E-state index contributed by atoms with van der Waals surface area (Å²) in [7, 11) is 0. The topological polar surface area (TPSA) is 68.0 Å². The molecule has 0 saturated carbocycles. The number of nitrogens with zero attached hydrogens (tertiary/aromatic N) is 3. The molecular formula is C12H13N3O2. The lowest BCUT2D eigenvalue weighted by Gasteiger charge is -2.00. The van der Waals surface area contributed by atoms with Crippen LogP contribution < -0.4 is 0 Å². The molecule has 5 nitrogen and oxygen atoms in total. The Kier molecular flexibility index (Phi) is 3.49. The van der Waals surface area contributed by atoms with Gasteiger partial charge in [-0.1, -0.05) is 6.07 Å². The predicted octanol–water partition coefficient (Wildman–Crippen LogP) is 1.34. The highest BCUT2D eigenvalue weighted by Gasteiger charge is 2.03. The van der Waals surface area contributed by atoms with Crippen molar-refractivity contribution in [2.45, 2.75) is 19.4 Å². The van der Waals surface area contributed by atoms with Crippen LogP contribution in [0.15, 0.2) is 36.9 Å². The van der Waals surface area contributed by atoms with E-state index in [1.165, 1.54) is 0 Å². The van der Waals surface area contributed by atoms with Crippen molar-refractivity contribution in [1.82, 2.24) is 14.5 Å². The van der Waals surface area contributed by atoms with E-state index < -0.39 is 5.97 Å². The summed E-state index contributed by atoms with van der Waals surface area (Å²) < 4.78 is 1.90. The Morgan fingerprint density at radius 3 is 2.88 bits per heavy atom. The van der Waals surface area contributed by atoms with E-state index in [-0.39, 0.29) is 6.42 Å². The summed E-state index contributed by atoms with van der Waals surface area (Å²) in [5, 5.41) is 8.57. The first-order valence-electron chi connectivity index (χ1n) is 5.36. The number of hydrogen-bond acceptors (Lipinski definition) is 3. The Bertz CT molecular complexity index is 493. The molecule has 17 heavy (non-hydrogen) atoms. The van der Waals surface area contributed by atoms with Crippen molar-refractivity contribution >= 4 is 5.97 Å². The second-order valence-electron chi connectivity index (χ2n) is 3.75. The molecule has 2 aromatic heterocycles. The number of pyridine rings is 1. The second-order valence-corrected chi connectivity index (χ2v) is 3.75. The van der Waals surface area contributed by atoms with Gasteiger partial charge in [-0.2, -0.15) is 0 Å². The van der Waals surface area contributed by atoms with Gasteiger partial charge >= 0.3 is 5.97 Å². The molecule has 2 rings (SSSR count). The number of imidazole rings is 1. The van der Waals surface area contributed by atoms with Gasteiger partial charge in [0, 0.05) is 18.8 Å². The molecule has 0 aliphatic heterocycles. The van der Waals surface area contributed by atoms with Gasteiger partial charge < -0.3 is 9.67 Å². The Balaban J connectivity index is 1.97. The highest BCUT2D eigenvalue weighted by atomic mass is 16.4. The minimum Gasteiger partial charge on any atom is -0.481 e. The average molecular weight is 231 g/mol. The van der Waals surface area contributed by atoms with E-state index in [0.717, 1.165) is 11.4 Å². The van der Waals surface area contributed by atoms with Gasteiger partial charge in [0.2, 0.25) is 0 Å². The third-order valence-electron chi connectivity index (χ3n) is 2.35. The zero-order valence-electron chi connectivity index (χ0n) is 9.28. The molecule has 2 heterocycles. The van der Waals surface area contributed by atoms with Crippen molar-refractivity contribution in [3.05, 3.63) is 48.3 Å². The largest absolute Gasteiger partial charge is 0.481 e. The van der Waals surface area contributed by atoms with Crippen molar-refractivity contribution in [3.8, 4) is 0 Å². The molecule has 0 aliphatic carbocycles. The molecule has 0 amide bonds. The van der Waals surface area contributed by atoms with Gasteiger partial charge in [-0.25, -0.2) is 4.98 Å². The normalized spacial score (nSPS) is 10.4. The lowest BCUT2D eigenvalue weighted by molar-refractivity contribution is -0.136. The maximum absolute atomic E-state index is 10.4. The van der Waals surface area contributed by atoms with Crippen molar-refractivity contribution in [3.63, 3.8) is 0 Å². The molecule has 5 heteroatoms. The van der Waals surface area contributed by atoms with Crippen LogP contribution in [0.4, 0.5) is 0 Å². The zero-order chi connectivity index (χ0) is 12.1. The van der Waals surface area contributed by atoms with Crippen LogP contribution in [-0.4, -0.2) is 25.6 Å². The van der Waals surface area contributed by atoms with E-state index in [1.54, 1.807) is 12.5 Å². The Hall–Kier alpha value is -2.17. The fourth-order valence-corrected chi connectivity index (χ4v) is 1.54. The van der Waals surface area contributed by atoms with Gasteiger partial charge in [-0.05, 0) is 12.1 Å². The number of aryl methyl sites for hydroxylation is 1. The molecule has 1 N–H and O–H groups in total. The minimum atomic E-state index is -0.802. The first-order valence-corrected chi connectivity index (χ1v) is 5.36. The molecule has 0 fully saturated rings. The Morgan fingerprint density at radius 2 is 2.18 bits per heavy atom. The third kappa shape index (κ3) is 3.41. The number of carboxylic acids is 1. The predicted molar refractivity (Wildman–Crippen MR) is 61.5 cm³/mol. The number of carboxylic acid groups (broad SMARTS) is 1. The van der Waals surface area contributed by atoms with Crippen LogP contribution in [0.1, 0.15) is 17.8 Å². The van der Waals surface area contributed by atoms with Crippen molar-refractivity contribution in [2.75, 3.05) is 0 Å². The first kappa shape index (κ1) is 11.3. The highest BCUT2D eigenvalue weighted by Crippen LogP contribution is 2.03.